The van der Waals surface area contributed by atoms with E-state index in [0.717, 1.165) is 23.6 Å². The second kappa shape index (κ2) is 5.48. The molecule has 1 amide bonds. The van der Waals surface area contributed by atoms with Gasteiger partial charge < -0.3 is 10.0 Å². The van der Waals surface area contributed by atoms with Crippen LogP contribution in [0.3, 0.4) is 0 Å². The van der Waals surface area contributed by atoms with Crippen molar-refractivity contribution >= 4 is 23.5 Å². The zero-order valence-corrected chi connectivity index (χ0v) is 16.1. The SMILES string of the molecule is CN1C(=O)C(C(=O)O)C[C@@]2(C)C1=C(Cl)C[C@@H]1[C@H]2CC[C@]2(C)CCC[C@@H]12. The average molecular weight is 366 g/mol. The molecule has 6 atom stereocenters. The molecule has 0 bridgehead atoms. The minimum Gasteiger partial charge on any atom is -0.481 e. The van der Waals surface area contributed by atoms with Gasteiger partial charge in [-0.3, -0.25) is 9.59 Å². The van der Waals surface area contributed by atoms with E-state index in [9.17, 15) is 14.7 Å². The molecule has 0 spiro atoms. The van der Waals surface area contributed by atoms with Gasteiger partial charge in [-0.1, -0.05) is 31.9 Å². The lowest BCUT2D eigenvalue weighted by Crippen LogP contribution is -2.57. The van der Waals surface area contributed by atoms with Crippen LogP contribution in [-0.2, 0) is 9.59 Å². The van der Waals surface area contributed by atoms with E-state index in [1.807, 2.05) is 0 Å². The van der Waals surface area contributed by atoms with Crippen LogP contribution in [0.15, 0.2) is 10.7 Å². The van der Waals surface area contributed by atoms with Crippen molar-refractivity contribution in [1.82, 2.24) is 4.90 Å². The third-order valence-electron chi connectivity index (χ3n) is 8.14. The summed E-state index contributed by atoms with van der Waals surface area (Å²) in [5.74, 6) is -0.629. The summed E-state index contributed by atoms with van der Waals surface area (Å²) in [5.41, 5.74) is 1.02. The molecule has 138 valence electrons. The first-order valence-corrected chi connectivity index (χ1v) is 9.96. The Morgan fingerprint density at radius 3 is 2.64 bits per heavy atom. The van der Waals surface area contributed by atoms with Gasteiger partial charge in [0.15, 0.2) is 0 Å². The second-order valence-electron chi connectivity index (χ2n) is 9.33. The molecule has 5 heteroatoms. The fourth-order valence-corrected chi connectivity index (χ4v) is 7.53. The van der Waals surface area contributed by atoms with E-state index in [-0.39, 0.29) is 11.3 Å². The highest BCUT2D eigenvalue weighted by Gasteiger charge is 2.60. The lowest BCUT2D eigenvalue weighted by Gasteiger charge is -2.59. The minimum atomic E-state index is -1.00. The fraction of sp³-hybridized carbons (Fsp3) is 0.800. The van der Waals surface area contributed by atoms with Crippen molar-refractivity contribution in [1.29, 1.82) is 0 Å². The van der Waals surface area contributed by atoms with Crippen molar-refractivity contribution in [2.45, 2.75) is 58.8 Å². The van der Waals surface area contributed by atoms with Gasteiger partial charge in [-0.2, -0.15) is 0 Å². The summed E-state index contributed by atoms with van der Waals surface area (Å²) in [7, 11) is 1.70. The Bertz CT molecular complexity index is 674. The highest BCUT2D eigenvalue weighted by molar-refractivity contribution is 6.30. The molecule has 0 radical (unpaired) electrons. The molecule has 1 saturated heterocycles. The van der Waals surface area contributed by atoms with Crippen molar-refractivity contribution < 1.29 is 14.7 Å². The quantitative estimate of drug-likeness (QED) is 0.707. The molecule has 1 N–H and O–H groups in total. The van der Waals surface area contributed by atoms with Gasteiger partial charge in [-0.05, 0) is 61.7 Å². The largest absolute Gasteiger partial charge is 0.481 e. The number of hydrogen-bond donors (Lipinski definition) is 1. The molecule has 0 aromatic rings. The van der Waals surface area contributed by atoms with Gasteiger partial charge in [0.05, 0.1) is 0 Å². The topological polar surface area (TPSA) is 57.6 Å². The van der Waals surface area contributed by atoms with E-state index in [1.165, 1.54) is 25.7 Å². The van der Waals surface area contributed by atoms with E-state index < -0.39 is 11.9 Å². The maximum Gasteiger partial charge on any atom is 0.316 e. The minimum absolute atomic E-state index is 0.310. The molecular weight excluding hydrogens is 338 g/mol. The second-order valence-corrected chi connectivity index (χ2v) is 9.79. The summed E-state index contributed by atoms with van der Waals surface area (Å²) in [6.07, 6.45) is 7.46. The number of aliphatic carboxylic acids is 1. The van der Waals surface area contributed by atoms with Gasteiger partial charge in [0.1, 0.15) is 5.92 Å². The predicted molar refractivity (Wildman–Crippen MR) is 95.8 cm³/mol. The first kappa shape index (κ1) is 17.4. The highest BCUT2D eigenvalue weighted by Crippen LogP contribution is 2.66. The summed E-state index contributed by atoms with van der Waals surface area (Å²) in [6, 6.07) is 0. The van der Waals surface area contributed by atoms with Crippen LogP contribution in [0.25, 0.3) is 0 Å². The number of carboxylic acids is 1. The highest BCUT2D eigenvalue weighted by atomic mass is 35.5. The number of likely N-dealkylation sites (tertiary alicyclic amines) is 1. The maximum absolute atomic E-state index is 12.6. The molecular formula is C20H28ClNO3. The van der Waals surface area contributed by atoms with Crippen LogP contribution < -0.4 is 0 Å². The lowest BCUT2D eigenvalue weighted by atomic mass is 9.49. The smallest absolute Gasteiger partial charge is 0.316 e. The molecule has 3 fully saturated rings. The fourth-order valence-electron chi connectivity index (χ4n) is 7.01. The first-order chi connectivity index (χ1) is 11.7. The number of allylic oxidation sites excluding steroid dienone is 2. The van der Waals surface area contributed by atoms with Gasteiger partial charge in [0, 0.05) is 23.2 Å². The molecule has 4 rings (SSSR count). The summed E-state index contributed by atoms with van der Waals surface area (Å²) in [5, 5.41) is 10.4. The Labute approximate surface area is 154 Å². The maximum atomic E-state index is 12.6. The van der Waals surface area contributed by atoms with Crippen molar-refractivity contribution in [3.05, 3.63) is 10.7 Å². The number of carbonyl (C=O) groups excluding carboxylic acids is 1. The van der Waals surface area contributed by atoms with E-state index in [1.54, 1.807) is 11.9 Å². The van der Waals surface area contributed by atoms with Gasteiger partial charge in [0.25, 0.3) is 0 Å². The number of amides is 1. The summed E-state index contributed by atoms with van der Waals surface area (Å²) in [4.78, 5) is 25.8. The number of hydrogen-bond acceptors (Lipinski definition) is 2. The van der Waals surface area contributed by atoms with Crippen LogP contribution in [0.4, 0.5) is 0 Å². The van der Waals surface area contributed by atoms with Crippen LogP contribution in [0.2, 0.25) is 0 Å². The Hall–Kier alpha value is -1.03. The molecule has 1 unspecified atom stereocenters. The number of carbonyl (C=O) groups is 2. The van der Waals surface area contributed by atoms with Crippen molar-refractivity contribution in [2.24, 2.45) is 34.5 Å². The molecule has 1 aliphatic heterocycles. The Morgan fingerprint density at radius 1 is 1.24 bits per heavy atom. The van der Waals surface area contributed by atoms with Gasteiger partial charge in [-0.25, -0.2) is 0 Å². The number of halogens is 1. The zero-order chi connectivity index (χ0) is 18.1. The van der Waals surface area contributed by atoms with Gasteiger partial charge >= 0.3 is 5.97 Å². The van der Waals surface area contributed by atoms with Crippen molar-refractivity contribution in [3.8, 4) is 0 Å². The first-order valence-electron chi connectivity index (χ1n) is 9.58. The molecule has 4 aliphatic rings. The van der Waals surface area contributed by atoms with Crippen molar-refractivity contribution in [2.75, 3.05) is 7.05 Å². The molecule has 0 aromatic heterocycles. The number of rotatable bonds is 1. The van der Waals surface area contributed by atoms with E-state index in [4.69, 9.17) is 11.6 Å². The zero-order valence-electron chi connectivity index (χ0n) is 15.3. The number of fused-ring (bicyclic) bond motifs is 5. The van der Waals surface area contributed by atoms with Gasteiger partial charge in [-0.15, -0.1) is 0 Å². The number of nitrogens with zero attached hydrogens (tertiary/aromatic N) is 1. The third kappa shape index (κ3) is 2.25. The molecule has 4 nitrogen and oxygen atoms in total. The van der Waals surface area contributed by atoms with Crippen LogP contribution >= 0.6 is 11.6 Å². The predicted octanol–water partition coefficient (Wildman–Crippen LogP) is 4.24. The van der Waals surface area contributed by atoms with E-state index in [2.05, 4.69) is 13.8 Å². The lowest BCUT2D eigenvalue weighted by molar-refractivity contribution is -0.157. The summed E-state index contributed by atoms with van der Waals surface area (Å²) < 4.78 is 0. The normalized spacial score (nSPS) is 46.6. The van der Waals surface area contributed by atoms with Crippen molar-refractivity contribution in [3.63, 3.8) is 0 Å². The summed E-state index contributed by atoms with van der Waals surface area (Å²) in [6.45, 7) is 4.60. The number of piperidine rings is 1. The number of carboxylic acid groups (broad SMARTS) is 1. The molecule has 2 saturated carbocycles. The van der Waals surface area contributed by atoms with Gasteiger partial charge in [0.2, 0.25) is 5.91 Å². The van der Waals surface area contributed by atoms with E-state index >= 15 is 0 Å². The average Bonchev–Trinajstić information content (AvgIpc) is 2.92. The van der Waals surface area contributed by atoms with Crippen LogP contribution in [-0.4, -0.2) is 28.9 Å². The molecule has 25 heavy (non-hydrogen) atoms. The molecule has 1 heterocycles. The van der Waals surface area contributed by atoms with Crippen LogP contribution in [0, 0.1) is 34.5 Å². The Kier molecular flexibility index (Phi) is 3.81. The van der Waals surface area contributed by atoms with Crippen LogP contribution in [0.5, 0.6) is 0 Å². The molecule has 3 aliphatic carbocycles. The third-order valence-corrected chi connectivity index (χ3v) is 8.47. The van der Waals surface area contributed by atoms with E-state index in [0.29, 0.717) is 29.6 Å². The Morgan fingerprint density at radius 2 is 1.96 bits per heavy atom. The summed E-state index contributed by atoms with van der Waals surface area (Å²) >= 11 is 6.76. The standard InChI is InChI=1S/C20H28ClNO3/c1-19-7-4-5-13(19)11-9-15(21)16-20(2,14(11)6-8-19)10-12(18(24)25)17(23)22(16)3/h11-14H,4-10H2,1-3H3,(H,24,25)/t11-,12?,13-,14+,19-,20+/m0/s1. The van der Waals surface area contributed by atoms with Crippen LogP contribution in [0.1, 0.15) is 58.8 Å². The molecule has 0 aromatic carbocycles. The Balaban J connectivity index is 1.79. The monoisotopic (exact) mass is 365 g/mol.